The number of aryl methyl sites for hydroxylation is 1. The zero-order chi connectivity index (χ0) is 13.1. The first-order valence-corrected chi connectivity index (χ1v) is 5.49. The summed E-state index contributed by atoms with van der Waals surface area (Å²) in [6.07, 6.45) is 1.49. The van der Waals surface area contributed by atoms with Gasteiger partial charge < -0.3 is 4.74 Å². The third-order valence-corrected chi connectivity index (χ3v) is 2.65. The molecule has 1 heterocycles. The summed E-state index contributed by atoms with van der Waals surface area (Å²) in [5, 5.41) is 8.97. The van der Waals surface area contributed by atoms with Gasteiger partial charge >= 0.3 is 0 Å². The van der Waals surface area contributed by atoms with Crippen molar-refractivity contribution in [1.29, 1.82) is 5.26 Å². The number of hydrogen-bond acceptors (Lipinski definition) is 3. The van der Waals surface area contributed by atoms with Crippen molar-refractivity contribution in [3.63, 3.8) is 0 Å². The molecule has 18 heavy (non-hydrogen) atoms. The van der Waals surface area contributed by atoms with Gasteiger partial charge in [0.25, 0.3) is 0 Å². The van der Waals surface area contributed by atoms with Gasteiger partial charge in [-0.3, -0.25) is 0 Å². The molecule has 0 aliphatic carbocycles. The van der Waals surface area contributed by atoms with E-state index in [-0.39, 0.29) is 22.2 Å². The Balaban J connectivity index is 2.44. The molecule has 0 bridgehead atoms. The molecule has 1 aromatic heterocycles. The summed E-state index contributed by atoms with van der Waals surface area (Å²) in [5.74, 6) is -0.665. The number of halogens is 2. The van der Waals surface area contributed by atoms with Crippen molar-refractivity contribution in [2.45, 2.75) is 6.92 Å². The first-order valence-electron chi connectivity index (χ1n) is 5.11. The van der Waals surface area contributed by atoms with Gasteiger partial charge in [-0.25, -0.2) is 9.37 Å². The average Bonchev–Trinajstić information content (AvgIpc) is 2.35. The van der Waals surface area contributed by atoms with Crippen molar-refractivity contribution in [2.75, 3.05) is 0 Å². The van der Waals surface area contributed by atoms with Crippen LogP contribution in [-0.2, 0) is 0 Å². The monoisotopic (exact) mass is 262 g/mol. The molecule has 0 fully saturated rings. The van der Waals surface area contributed by atoms with Crippen molar-refractivity contribution in [2.24, 2.45) is 0 Å². The molecule has 90 valence electrons. The predicted molar refractivity (Wildman–Crippen MR) is 65.2 cm³/mol. The molecule has 0 radical (unpaired) electrons. The fraction of sp³-hybridized carbons (Fsp3) is 0.0769. The Kier molecular flexibility index (Phi) is 3.45. The largest absolute Gasteiger partial charge is 0.435 e. The summed E-state index contributed by atoms with van der Waals surface area (Å²) >= 11 is 5.64. The number of rotatable bonds is 2. The van der Waals surface area contributed by atoms with Crippen molar-refractivity contribution < 1.29 is 9.13 Å². The molecule has 0 spiro atoms. The minimum Gasteiger partial charge on any atom is -0.435 e. The van der Waals surface area contributed by atoms with Gasteiger partial charge in [0.2, 0.25) is 5.88 Å². The Morgan fingerprint density at radius 1 is 1.39 bits per heavy atom. The van der Waals surface area contributed by atoms with Crippen LogP contribution in [0, 0.1) is 24.1 Å². The second kappa shape index (κ2) is 5.03. The molecule has 0 unspecified atom stereocenters. The number of benzene rings is 1. The highest BCUT2D eigenvalue weighted by Gasteiger charge is 2.13. The van der Waals surface area contributed by atoms with Crippen LogP contribution in [0.1, 0.15) is 11.1 Å². The summed E-state index contributed by atoms with van der Waals surface area (Å²) in [4.78, 5) is 3.92. The van der Waals surface area contributed by atoms with Crippen molar-refractivity contribution in [3.8, 4) is 17.7 Å². The van der Waals surface area contributed by atoms with Gasteiger partial charge in [-0.1, -0.05) is 17.7 Å². The number of pyridine rings is 1. The molecule has 0 N–H and O–H groups in total. The molecular weight excluding hydrogens is 255 g/mol. The third kappa shape index (κ3) is 2.27. The van der Waals surface area contributed by atoms with E-state index in [1.165, 1.54) is 18.3 Å². The number of nitriles is 1. The summed E-state index contributed by atoms with van der Waals surface area (Å²) in [7, 11) is 0. The van der Waals surface area contributed by atoms with E-state index in [0.29, 0.717) is 5.56 Å². The van der Waals surface area contributed by atoms with E-state index in [1.54, 1.807) is 19.1 Å². The molecule has 3 nitrogen and oxygen atoms in total. The number of ether oxygens (including phenoxy) is 1. The summed E-state index contributed by atoms with van der Waals surface area (Å²) in [6.45, 7) is 1.75. The third-order valence-electron chi connectivity index (χ3n) is 2.36. The topological polar surface area (TPSA) is 45.9 Å². The minimum atomic E-state index is -0.675. The van der Waals surface area contributed by atoms with Crippen molar-refractivity contribution in [1.82, 2.24) is 4.98 Å². The summed E-state index contributed by atoms with van der Waals surface area (Å²) in [6, 6.07) is 8.05. The number of nitrogens with zero attached hydrogens (tertiary/aromatic N) is 2. The van der Waals surface area contributed by atoms with Crippen LogP contribution in [0.2, 0.25) is 5.02 Å². The van der Waals surface area contributed by atoms with Crippen LogP contribution in [0.3, 0.4) is 0 Å². The van der Waals surface area contributed by atoms with E-state index in [2.05, 4.69) is 4.98 Å². The van der Waals surface area contributed by atoms with E-state index in [1.807, 2.05) is 6.07 Å². The summed E-state index contributed by atoms with van der Waals surface area (Å²) in [5.41, 5.74) is 0.988. The maximum Gasteiger partial charge on any atom is 0.237 e. The molecule has 5 heteroatoms. The van der Waals surface area contributed by atoms with E-state index >= 15 is 0 Å². The predicted octanol–water partition coefficient (Wildman–Crippen LogP) is 3.85. The lowest BCUT2D eigenvalue weighted by Gasteiger charge is -2.08. The van der Waals surface area contributed by atoms with Crippen LogP contribution in [0.4, 0.5) is 4.39 Å². The molecule has 0 saturated carbocycles. The van der Waals surface area contributed by atoms with Gasteiger partial charge in [0.1, 0.15) is 11.6 Å². The zero-order valence-electron chi connectivity index (χ0n) is 9.45. The standard InChI is InChI=1S/C13H8ClFN2O/c1-8-5-6-17-13(9(8)7-16)18-11-4-2-3-10(14)12(11)15/h2-6H,1H3. The van der Waals surface area contributed by atoms with E-state index < -0.39 is 5.82 Å². The SMILES string of the molecule is Cc1ccnc(Oc2cccc(Cl)c2F)c1C#N. The van der Waals surface area contributed by atoms with Crippen molar-refractivity contribution in [3.05, 3.63) is 52.4 Å². The van der Waals surface area contributed by atoms with E-state index in [9.17, 15) is 4.39 Å². The van der Waals surface area contributed by atoms with Gasteiger partial charge in [-0.05, 0) is 30.7 Å². The Morgan fingerprint density at radius 2 is 2.17 bits per heavy atom. The van der Waals surface area contributed by atoms with Crippen LogP contribution < -0.4 is 4.74 Å². The lowest BCUT2D eigenvalue weighted by molar-refractivity contribution is 0.426. The van der Waals surface area contributed by atoms with Crippen LogP contribution in [0.15, 0.2) is 30.5 Å². The van der Waals surface area contributed by atoms with Gasteiger partial charge in [0.05, 0.1) is 5.02 Å². The van der Waals surface area contributed by atoms with Crippen LogP contribution in [0.5, 0.6) is 11.6 Å². The fourth-order valence-corrected chi connectivity index (χ4v) is 1.58. The Morgan fingerprint density at radius 3 is 2.89 bits per heavy atom. The average molecular weight is 263 g/mol. The Bertz CT molecular complexity index is 637. The molecule has 0 atom stereocenters. The lowest BCUT2D eigenvalue weighted by Crippen LogP contribution is -1.96. The lowest BCUT2D eigenvalue weighted by atomic mass is 10.2. The maximum atomic E-state index is 13.7. The van der Waals surface area contributed by atoms with Crippen LogP contribution >= 0.6 is 11.6 Å². The smallest absolute Gasteiger partial charge is 0.237 e. The first kappa shape index (κ1) is 12.3. The van der Waals surface area contributed by atoms with Crippen LogP contribution in [-0.4, -0.2) is 4.98 Å². The van der Waals surface area contributed by atoms with Gasteiger partial charge in [-0.15, -0.1) is 0 Å². The number of aromatic nitrogens is 1. The maximum absolute atomic E-state index is 13.7. The zero-order valence-corrected chi connectivity index (χ0v) is 10.2. The minimum absolute atomic E-state index is 0.0429. The van der Waals surface area contributed by atoms with Gasteiger partial charge in [0.15, 0.2) is 11.6 Å². The summed E-state index contributed by atoms with van der Waals surface area (Å²) < 4.78 is 19.0. The van der Waals surface area contributed by atoms with Crippen molar-refractivity contribution >= 4 is 11.6 Å². The fourth-order valence-electron chi connectivity index (χ4n) is 1.41. The quantitative estimate of drug-likeness (QED) is 0.826. The Hall–Kier alpha value is -2.12. The molecule has 0 amide bonds. The molecule has 2 rings (SSSR count). The normalized spacial score (nSPS) is 9.89. The molecule has 0 saturated heterocycles. The molecule has 1 aromatic carbocycles. The Labute approximate surface area is 108 Å². The van der Waals surface area contributed by atoms with Gasteiger partial charge in [0, 0.05) is 6.20 Å². The van der Waals surface area contributed by atoms with Crippen LogP contribution in [0.25, 0.3) is 0 Å². The van der Waals surface area contributed by atoms with E-state index in [4.69, 9.17) is 21.6 Å². The highest BCUT2D eigenvalue weighted by molar-refractivity contribution is 6.30. The molecule has 0 aliphatic rings. The number of hydrogen-bond donors (Lipinski definition) is 0. The second-order valence-corrected chi connectivity index (χ2v) is 3.98. The highest BCUT2D eigenvalue weighted by atomic mass is 35.5. The van der Waals surface area contributed by atoms with Gasteiger partial charge in [-0.2, -0.15) is 5.26 Å². The molecule has 2 aromatic rings. The first-order chi connectivity index (χ1) is 8.63. The second-order valence-electron chi connectivity index (χ2n) is 3.57. The molecule has 0 aliphatic heterocycles. The highest BCUT2D eigenvalue weighted by Crippen LogP contribution is 2.29. The molecular formula is C13H8ClFN2O. The van der Waals surface area contributed by atoms with E-state index in [0.717, 1.165) is 0 Å².